The van der Waals surface area contributed by atoms with Crippen LogP contribution in [-0.4, -0.2) is 17.0 Å². The van der Waals surface area contributed by atoms with Crippen LogP contribution in [0.4, 0.5) is 0 Å². The number of aliphatic hydroxyl groups excluding tert-OH is 1. The molecule has 0 bridgehead atoms. The van der Waals surface area contributed by atoms with Gasteiger partial charge in [0.25, 0.3) is 0 Å². The lowest BCUT2D eigenvalue weighted by molar-refractivity contribution is -0.118. The highest BCUT2D eigenvalue weighted by molar-refractivity contribution is 5.93. The second-order valence-electron chi connectivity index (χ2n) is 9.49. The van der Waals surface area contributed by atoms with Gasteiger partial charge < -0.3 is 5.11 Å². The van der Waals surface area contributed by atoms with Crippen LogP contribution in [-0.2, 0) is 4.79 Å². The van der Waals surface area contributed by atoms with E-state index in [4.69, 9.17) is 0 Å². The third-order valence-corrected chi connectivity index (χ3v) is 8.72. The quantitative estimate of drug-likeness (QED) is 0.772. The molecule has 2 nitrogen and oxygen atoms in total. The SMILES string of the molecule is CC(=O)C1=CC[C@@]2(C)[C@@H](CC[C@@H]3[C@@H]2CC[C@]2(C)[C@H](O)CC[C@@H]32)C1. The summed E-state index contributed by atoms with van der Waals surface area (Å²) in [5.74, 6) is 3.31. The van der Waals surface area contributed by atoms with Gasteiger partial charge in [0.05, 0.1) is 6.10 Å². The maximum atomic E-state index is 11.8. The van der Waals surface area contributed by atoms with Gasteiger partial charge in [0.1, 0.15) is 0 Å². The number of fused-ring (bicyclic) bond motifs is 5. The largest absolute Gasteiger partial charge is 0.393 e. The van der Waals surface area contributed by atoms with Gasteiger partial charge in [0.15, 0.2) is 5.78 Å². The second kappa shape index (κ2) is 5.18. The number of Topliss-reactive ketones (excluding diaryl/α,β-unsaturated/α-hetero) is 1. The maximum absolute atomic E-state index is 11.8. The van der Waals surface area contributed by atoms with Crippen molar-refractivity contribution in [2.45, 2.75) is 78.2 Å². The first-order valence-corrected chi connectivity index (χ1v) is 9.74. The van der Waals surface area contributed by atoms with E-state index in [1.165, 1.54) is 32.1 Å². The zero-order valence-corrected chi connectivity index (χ0v) is 15.0. The van der Waals surface area contributed by atoms with Crippen molar-refractivity contribution in [3.63, 3.8) is 0 Å². The minimum Gasteiger partial charge on any atom is -0.393 e. The molecule has 0 aromatic carbocycles. The molecule has 0 unspecified atom stereocenters. The van der Waals surface area contributed by atoms with Gasteiger partial charge in [0, 0.05) is 0 Å². The number of hydrogen-bond donors (Lipinski definition) is 1. The van der Waals surface area contributed by atoms with Gasteiger partial charge in [-0.15, -0.1) is 0 Å². The lowest BCUT2D eigenvalue weighted by Gasteiger charge is -2.59. The third-order valence-electron chi connectivity index (χ3n) is 8.72. The van der Waals surface area contributed by atoms with Crippen LogP contribution in [0.15, 0.2) is 11.6 Å². The molecule has 0 aromatic heterocycles. The summed E-state index contributed by atoms with van der Waals surface area (Å²) in [5, 5.41) is 10.5. The van der Waals surface area contributed by atoms with Crippen molar-refractivity contribution in [2.75, 3.05) is 0 Å². The Hall–Kier alpha value is -0.630. The van der Waals surface area contributed by atoms with Gasteiger partial charge in [-0.25, -0.2) is 0 Å². The van der Waals surface area contributed by atoms with Gasteiger partial charge in [-0.1, -0.05) is 19.9 Å². The molecule has 4 rings (SSSR count). The standard InChI is InChI=1S/C21H32O2/c1-13(22)14-8-10-20(2)15(12-14)4-5-16-17-6-7-19(23)21(17,3)11-9-18(16)20/h8,15-19,23H,4-7,9-12H2,1-3H3/t15-,16-,17-,18-,19+,20-,21-/m0/s1. The van der Waals surface area contributed by atoms with Crippen molar-refractivity contribution in [3.8, 4) is 0 Å². The first-order chi connectivity index (χ1) is 10.9. The van der Waals surface area contributed by atoms with Crippen molar-refractivity contribution in [2.24, 2.45) is 34.5 Å². The predicted octanol–water partition coefficient (Wildman–Crippen LogP) is 4.52. The highest BCUT2D eigenvalue weighted by Crippen LogP contribution is 2.65. The summed E-state index contributed by atoms with van der Waals surface area (Å²) in [6.45, 7) is 6.59. The first-order valence-electron chi connectivity index (χ1n) is 9.74. The Morgan fingerprint density at radius 2 is 1.83 bits per heavy atom. The number of carbonyl (C=O) groups is 1. The van der Waals surface area contributed by atoms with Crippen LogP contribution < -0.4 is 0 Å². The van der Waals surface area contributed by atoms with Crippen LogP contribution in [0.25, 0.3) is 0 Å². The summed E-state index contributed by atoms with van der Waals surface area (Å²) in [7, 11) is 0. The topological polar surface area (TPSA) is 37.3 Å². The van der Waals surface area contributed by atoms with Crippen molar-refractivity contribution in [1.29, 1.82) is 0 Å². The van der Waals surface area contributed by atoms with Gasteiger partial charge in [-0.05, 0) is 98.4 Å². The average molecular weight is 316 g/mol. The zero-order valence-electron chi connectivity index (χ0n) is 15.0. The third kappa shape index (κ3) is 2.13. The Balaban J connectivity index is 1.63. The minimum atomic E-state index is -0.0745. The molecule has 4 aliphatic carbocycles. The van der Waals surface area contributed by atoms with Crippen molar-refractivity contribution in [3.05, 3.63) is 11.6 Å². The number of aliphatic hydroxyl groups is 1. The summed E-state index contributed by atoms with van der Waals surface area (Å²) < 4.78 is 0. The molecule has 4 aliphatic rings. The normalized spacial score (nSPS) is 52.2. The van der Waals surface area contributed by atoms with Crippen LogP contribution in [0.1, 0.15) is 72.1 Å². The molecule has 7 atom stereocenters. The maximum Gasteiger partial charge on any atom is 0.155 e. The molecular formula is C21H32O2. The lowest BCUT2D eigenvalue weighted by Crippen LogP contribution is -2.53. The Bertz CT molecular complexity index is 550. The molecule has 0 spiro atoms. The van der Waals surface area contributed by atoms with Crippen LogP contribution in [0.5, 0.6) is 0 Å². The Kier molecular flexibility index (Phi) is 3.58. The van der Waals surface area contributed by atoms with Crippen LogP contribution in [0, 0.1) is 34.5 Å². The van der Waals surface area contributed by atoms with E-state index >= 15 is 0 Å². The molecule has 128 valence electrons. The fraction of sp³-hybridized carbons (Fsp3) is 0.857. The zero-order chi connectivity index (χ0) is 16.4. The monoisotopic (exact) mass is 316 g/mol. The molecule has 0 radical (unpaired) electrons. The number of hydrogen-bond acceptors (Lipinski definition) is 2. The number of allylic oxidation sites excluding steroid dienone is 2. The molecule has 23 heavy (non-hydrogen) atoms. The van der Waals surface area contributed by atoms with Crippen molar-refractivity contribution < 1.29 is 9.90 Å². The molecule has 0 amide bonds. The highest BCUT2D eigenvalue weighted by Gasteiger charge is 2.59. The van der Waals surface area contributed by atoms with E-state index in [1.54, 1.807) is 6.92 Å². The van der Waals surface area contributed by atoms with Crippen LogP contribution in [0.3, 0.4) is 0 Å². The Labute approximate surface area is 140 Å². The van der Waals surface area contributed by atoms with E-state index in [2.05, 4.69) is 19.9 Å². The van der Waals surface area contributed by atoms with E-state index in [-0.39, 0.29) is 17.3 Å². The van der Waals surface area contributed by atoms with Crippen LogP contribution >= 0.6 is 0 Å². The molecule has 1 N–H and O–H groups in total. The molecule has 0 aliphatic heterocycles. The number of ketones is 1. The molecule has 0 saturated heterocycles. The van der Waals surface area contributed by atoms with Gasteiger partial charge in [0.2, 0.25) is 0 Å². The summed E-state index contributed by atoms with van der Waals surface area (Å²) >= 11 is 0. The lowest BCUT2D eigenvalue weighted by atomic mass is 9.45. The Morgan fingerprint density at radius 1 is 1.09 bits per heavy atom. The van der Waals surface area contributed by atoms with Crippen molar-refractivity contribution in [1.82, 2.24) is 0 Å². The van der Waals surface area contributed by atoms with E-state index in [0.717, 1.165) is 42.6 Å². The first kappa shape index (κ1) is 15.9. The molecule has 3 saturated carbocycles. The van der Waals surface area contributed by atoms with Crippen molar-refractivity contribution >= 4 is 5.78 Å². The van der Waals surface area contributed by atoms with Gasteiger partial charge >= 0.3 is 0 Å². The van der Waals surface area contributed by atoms with E-state index in [9.17, 15) is 9.90 Å². The second-order valence-corrected chi connectivity index (χ2v) is 9.49. The Morgan fingerprint density at radius 3 is 2.57 bits per heavy atom. The molecule has 0 heterocycles. The van der Waals surface area contributed by atoms with E-state index in [1.807, 2.05) is 0 Å². The summed E-state index contributed by atoms with van der Waals surface area (Å²) in [4.78, 5) is 11.8. The fourth-order valence-corrected chi connectivity index (χ4v) is 7.14. The minimum absolute atomic E-state index is 0.0745. The average Bonchev–Trinajstić information content (AvgIpc) is 2.82. The summed E-state index contributed by atoms with van der Waals surface area (Å²) in [6.07, 6.45) is 11.6. The number of rotatable bonds is 1. The van der Waals surface area contributed by atoms with Gasteiger partial charge in [-0.2, -0.15) is 0 Å². The summed E-state index contributed by atoms with van der Waals surface area (Å²) in [6, 6.07) is 0. The van der Waals surface area contributed by atoms with Crippen LogP contribution in [0.2, 0.25) is 0 Å². The van der Waals surface area contributed by atoms with E-state index < -0.39 is 0 Å². The van der Waals surface area contributed by atoms with Gasteiger partial charge in [-0.3, -0.25) is 4.79 Å². The fourth-order valence-electron chi connectivity index (χ4n) is 7.14. The molecule has 2 heteroatoms. The summed E-state index contributed by atoms with van der Waals surface area (Å²) in [5.41, 5.74) is 1.65. The smallest absolute Gasteiger partial charge is 0.155 e. The molecule has 3 fully saturated rings. The van der Waals surface area contributed by atoms with E-state index in [0.29, 0.717) is 11.3 Å². The molecule has 0 aromatic rings. The molecular weight excluding hydrogens is 284 g/mol. The number of carbonyl (C=O) groups excluding carboxylic acids is 1. The predicted molar refractivity (Wildman–Crippen MR) is 91.9 cm³/mol. The highest BCUT2D eigenvalue weighted by atomic mass is 16.3.